The van der Waals surface area contributed by atoms with Crippen LogP contribution in [0.25, 0.3) is 11.3 Å². The number of hydrogen-bond acceptors (Lipinski definition) is 3. The molecule has 1 aliphatic heterocycles. The molecule has 0 aliphatic carbocycles. The van der Waals surface area contributed by atoms with Gasteiger partial charge in [-0.1, -0.05) is 42.5 Å². The fourth-order valence-electron chi connectivity index (χ4n) is 4.52. The lowest BCUT2D eigenvalue weighted by molar-refractivity contribution is 0.142. The third-order valence-electron chi connectivity index (χ3n) is 6.02. The quantitative estimate of drug-likeness (QED) is 0.594. The van der Waals surface area contributed by atoms with Crippen LogP contribution in [0.5, 0.6) is 0 Å². The molecule has 1 atom stereocenters. The Balaban J connectivity index is 1.28. The molecule has 0 saturated carbocycles. The molecule has 2 heterocycles. The Labute approximate surface area is 178 Å². The van der Waals surface area contributed by atoms with Crippen LogP contribution in [0.2, 0.25) is 0 Å². The summed E-state index contributed by atoms with van der Waals surface area (Å²) < 4.78 is 13.1. The lowest BCUT2D eigenvalue weighted by Crippen LogP contribution is -2.40. The Morgan fingerprint density at radius 2 is 1.93 bits per heavy atom. The highest BCUT2D eigenvalue weighted by molar-refractivity contribution is 5.62. The standard InChI is InChI=1S/C25H31FN4/c1-29(19-23-16-27-28-25(23)22-7-3-2-4-8-22)17-21-6-5-14-30(18-21)15-13-20-9-11-24(26)12-10-20/h2-4,7-12,16,21H,5-6,13-15,17-19H2,1H3,(H,27,28)/t21-/m1/s1. The van der Waals surface area contributed by atoms with E-state index in [2.05, 4.69) is 51.3 Å². The van der Waals surface area contributed by atoms with Crippen molar-refractivity contribution in [1.29, 1.82) is 0 Å². The Bertz CT molecular complexity index is 906. The summed E-state index contributed by atoms with van der Waals surface area (Å²) in [5.74, 6) is 0.525. The number of halogens is 1. The summed E-state index contributed by atoms with van der Waals surface area (Å²) in [5, 5.41) is 7.45. The van der Waals surface area contributed by atoms with Crippen molar-refractivity contribution in [3.8, 4) is 11.3 Å². The van der Waals surface area contributed by atoms with Crippen molar-refractivity contribution >= 4 is 0 Å². The number of likely N-dealkylation sites (tertiary alicyclic amines) is 1. The molecule has 2 aromatic carbocycles. The molecular formula is C25H31FN4. The van der Waals surface area contributed by atoms with Crippen LogP contribution in [0, 0.1) is 11.7 Å². The van der Waals surface area contributed by atoms with Crippen LogP contribution in [-0.4, -0.2) is 53.2 Å². The highest BCUT2D eigenvalue weighted by Crippen LogP contribution is 2.23. The summed E-state index contributed by atoms with van der Waals surface area (Å²) in [6, 6.07) is 17.3. The molecule has 4 nitrogen and oxygen atoms in total. The average molecular weight is 407 g/mol. The minimum Gasteiger partial charge on any atom is -0.303 e. The maximum atomic E-state index is 13.1. The topological polar surface area (TPSA) is 35.2 Å². The van der Waals surface area contributed by atoms with Crippen LogP contribution in [0.4, 0.5) is 4.39 Å². The van der Waals surface area contributed by atoms with E-state index in [9.17, 15) is 4.39 Å². The number of aromatic nitrogens is 2. The minimum absolute atomic E-state index is 0.159. The fourth-order valence-corrected chi connectivity index (χ4v) is 4.52. The second-order valence-corrected chi connectivity index (χ2v) is 8.52. The molecule has 1 saturated heterocycles. The van der Waals surface area contributed by atoms with E-state index in [0.29, 0.717) is 5.92 Å². The molecular weight excluding hydrogens is 375 g/mol. The zero-order valence-corrected chi connectivity index (χ0v) is 17.7. The van der Waals surface area contributed by atoms with Crippen LogP contribution >= 0.6 is 0 Å². The number of rotatable bonds is 8. The van der Waals surface area contributed by atoms with Crippen molar-refractivity contribution in [2.45, 2.75) is 25.8 Å². The zero-order valence-electron chi connectivity index (χ0n) is 17.7. The summed E-state index contributed by atoms with van der Waals surface area (Å²) in [7, 11) is 2.21. The van der Waals surface area contributed by atoms with Crippen molar-refractivity contribution in [1.82, 2.24) is 20.0 Å². The van der Waals surface area contributed by atoms with Gasteiger partial charge in [-0.25, -0.2) is 4.39 Å². The summed E-state index contributed by atoms with van der Waals surface area (Å²) in [6.07, 6.45) is 5.48. The van der Waals surface area contributed by atoms with Gasteiger partial charge < -0.3 is 9.80 Å². The molecule has 5 heteroatoms. The molecule has 1 aliphatic rings. The third kappa shape index (κ3) is 5.55. The summed E-state index contributed by atoms with van der Waals surface area (Å²) >= 11 is 0. The van der Waals surface area contributed by atoms with E-state index < -0.39 is 0 Å². The highest BCUT2D eigenvalue weighted by Gasteiger charge is 2.21. The number of aromatic amines is 1. The molecule has 0 radical (unpaired) electrons. The number of H-pyrrole nitrogens is 1. The van der Waals surface area contributed by atoms with Crippen molar-refractivity contribution in [2.24, 2.45) is 5.92 Å². The zero-order chi connectivity index (χ0) is 20.8. The first-order chi connectivity index (χ1) is 14.7. The van der Waals surface area contributed by atoms with Gasteiger partial charge in [0.15, 0.2) is 0 Å². The third-order valence-corrected chi connectivity index (χ3v) is 6.02. The molecule has 1 aromatic heterocycles. The average Bonchev–Trinajstić information content (AvgIpc) is 3.22. The monoisotopic (exact) mass is 406 g/mol. The van der Waals surface area contributed by atoms with Gasteiger partial charge in [-0.3, -0.25) is 5.10 Å². The van der Waals surface area contributed by atoms with Crippen LogP contribution in [0.3, 0.4) is 0 Å². The molecule has 1 N–H and O–H groups in total. The van der Waals surface area contributed by atoms with E-state index in [1.165, 1.54) is 36.1 Å². The fraction of sp³-hybridized carbons (Fsp3) is 0.400. The smallest absolute Gasteiger partial charge is 0.123 e. The van der Waals surface area contributed by atoms with Gasteiger partial charge in [-0.15, -0.1) is 0 Å². The van der Waals surface area contributed by atoms with Crippen LogP contribution in [0.15, 0.2) is 60.8 Å². The van der Waals surface area contributed by atoms with Crippen molar-refractivity contribution in [2.75, 3.05) is 33.2 Å². The molecule has 0 bridgehead atoms. The van der Waals surface area contributed by atoms with Gasteiger partial charge in [0, 0.05) is 31.7 Å². The predicted molar refractivity (Wildman–Crippen MR) is 120 cm³/mol. The van der Waals surface area contributed by atoms with E-state index in [4.69, 9.17) is 0 Å². The van der Waals surface area contributed by atoms with Crippen molar-refractivity contribution in [3.63, 3.8) is 0 Å². The van der Waals surface area contributed by atoms with Gasteiger partial charge in [0.2, 0.25) is 0 Å². The number of hydrogen-bond donors (Lipinski definition) is 1. The largest absolute Gasteiger partial charge is 0.303 e. The lowest BCUT2D eigenvalue weighted by Gasteiger charge is -2.34. The SMILES string of the molecule is CN(Cc1cn[nH]c1-c1ccccc1)C[C@H]1CCCN(CCc2ccc(F)cc2)C1. The molecule has 30 heavy (non-hydrogen) atoms. The van der Waals surface area contributed by atoms with Gasteiger partial charge >= 0.3 is 0 Å². The number of benzene rings is 2. The van der Waals surface area contributed by atoms with Crippen LogP contribution < -0.4 is 0 Å². The van der Waals surface area contributed by atoms with E-state index in [1.54, 1.807) is 12.1 Å². The maximum Gasteiger partial charge on any atom is 0.123 e. The summed E-state index contributed by atoms with van der Waals surface area (Å²) in [5.41, 5.74) is 4.76. The van der Waals surface area contributed by atoms with Gasteiger partial charge in [0.25, 0.3) is 0 Å². The molecule has 1 fully saturated rings. The maximum absolute atomic E-state index is 13.1. The second kappa shape index (κ2) is 10.0. The number of nitrogens with one attached hydrogen (secondary N) is 1. The summed E-state index contributed by atoms with van der Waals surface area (Å²) in [6.45, 7) is 5.34. The molecule has 0 unspecified atom stereocenters. The predicted octanol–water partition coefficient (Wildman–Crippen LogP) is 4.60. The van der Waals surface area contributed by atoms with E-state index in [-0.39, 0.29) is 5.82 Å². The number of nitrogens with zero attached hydrogens (tertiary/aromatic N) is 3. The van der Waals surface area contributed by atoms with Crippen molar-refractivity contribution < 1.29 is 4.39 Å². The van der Waals surface area contributed by atoms with Gasteiger partial charge in [0.1, 0.15) is 5.82 Å². The Morgan fingerprint density at radius 3 is 2.73 bits per heavy atom. The second-order valence-electron chi connectivity index (χ2n) is 8.52. The van der Waals surface area contributed by atoms with E-state index in [1.807, 2.05) is 24.4 Å². The Kier molecular flexibility index (Phi) is 6.92. The molecule has 3 aromatic rings. The Morgan fingerprint density at radius 1 is 1.13 bits per heavy atom. The summed E-state index contributed by atoms with van der Waals surface area (Å²) in [4.78, 5) is 4.99. The Hall–Kier alpha value is -2.50. The van der Waals surface area contributed by atoms with Crippen LogP contribution in [0.1, 0.15) is 24.0 Å². The van der Waals surface area contributed by atoms with E-state index >= 15 is 0 Å². The van der Waals surface area contributed by atoms with E-state index in [0.717, 1.165) is 38.3 Å². The molecule has 4 rings (SSSR count). The van der Waals surface area contributed by atoms with Gasteiger partial charge in [-0.2, -0.15) is 5.10 Å². The van der Waals surface area contributed by atoms with Gasteiger partial charge in [0.05, 0.1) is 11.9 Å². The first kappa shape index (κ1) is 20.8. The first-order valence-electron chi connectivity index (χ1n) is 10.9. The normalized spacial score (nSPS) is 17.5. The lowest BCUT2D eigenvalue weighted by atomic mass is 9.96. The molecule has 0 spiro atoms. The molecule has 158 valence electrons. The number of piperidine rings is 1. The van der Waals surface area contributed by atoms with Gasteiger partial charge in [-0.05, 0) is 62.0 Å². The van der Waals surface area contributed by atoms with Crippen molar-refractivity contribution in [3.05, 3.63) is 77.7 Å². The van der Waals surface area contributed by atoms with Crippen LogP contribution in [-0.2, 0) is 13.0 Å². The minimum atomic E-state index is -0.159. The highest BCUT2D eigenvalue weighted by atomic mass is 19.1. The molecule has 0 amide bonds. The first-order valence-corrected chi connectivity index (χ1v) is 10.9.